The number of nitrogens with zero attached hydrogens (tertiary/aromatic N) is 1. The van der Waals surface area contributed by atoms with Crippen LogP contribution in [0.5, 0.6) is 0 Å². The van der Waals surface area contributed by atoms with E-state index in [0.29, 0.717) is 6.54 Å². The van der Waals surface area contributed by atoms with Gasteiger partial charge in [0.05, 0.1) is 12.0 Å². The average Bonchev–Trinajstić information content (AvgIpc) is 2.71. The molecule has 0 bridgehead atoms. The molecule has 2 atom stereocenters. The normalized spacial score (nSPS) is 24.9. The Morgan fingerprint density at radius 2 is 1.74 bits per heavy atom. The van der Waals surface area contributed by atoms with Crippen molar-refractivity contribution in [2.45, 2.75) is 12.5 Å². The zero-order chi connectivity index (χ0) is 13.2. The van der Waals surface area contributed by atoms with Gasteiger partial charge in [-0.2, -0.15) is 0 Å². The third-order valence-corrected chi connectivity index (χ3v) is 3.72. The second-order valence-electron chi connectivity index (χ2n) is 4.88. The second-order valence-corrected chi connectivity index (χ2v) is 4.88. The van der Waals surface area contributed by atoms with Gasteiger partial charge < -0.3 is 4.90 Å². The van der Waals surface area contributed by atoms with Crippen LogP contribution >= 0.6 is 0 Å². The Labute approximate surface area is 112 Å². The van der Waals surface area contributed by atoms with Gasteiger partial charge in [-0.25, -0.2) is 0 Å². The van der Waals surface area contributed by atoms with Crippen LogP contribution < -0.4 is 0 Å². The quantitative estimate of drug-likeness (QED) is 0.770. The molecule has 0 spiro atoms. The maximum atomic E-state index is 12.0. The first-order valence-corrected chi connectivity index (χ1v) is 6.51. The number of ketones is 1. The summed E-state index contributed by atoms with van der Waals surface area (Å²) in [4.78, 5) is 25.6. The van der Waals surface area contributed by atoms with E-state index in [4.69, 9.17) is 0 Å². The van der Waals surface area contributed by atoms with E-state index in [1.165, 1.54) is 5.56 Å². The Morgan fingerprint density at radius 1 is 1.00 bits per heavy atom. The zero-order valence-corrected chi connectivity index (χ0v) is 10.5. The van der Waals surface area contributed by atoms with Crippen LogP contribution in [-0.4, -0.2) is 29.2 Å². The number of amides is 1. The minimum atomic E-state index is -0.345. The predicted octanol–water partition coefficient (Wildman–Crippen LogP) is 1.75. The van der Waals surface area contributed by atoms with Gasteiger partial charge in [-0.3, -0.25) is 9.59 Å². The van der Waals surface area contributed by atoms with Gasteiger partial charge >= 0.3 is 0 Å². The lowest BCUT2D eigenvalue weighted by Gasteiger charge is -2.24. The van der Waals surface area contributed by atoms with Crippen molar-refractivity contribution in [2.75, 3.05) is 6.54 Å². The molecule has 0 radical (unpaired) electrons. The van der Waals surface area contributed by atoms with Crippen LogP contribution in [0.25, 0.3) is 0 Å². The third kappa shape index (κ3) is 2.12. The summed E-state index contributed by atoms with van der Waals surface area (Å²) in [5.41, 5.74) is 1.18. The number of fused-ring (bicyclic) bond motifs is 1. The van der Waals surface area contributed by atoms with Crippen molar-refractivity contribution >= 4 is 11.7 Å². The fourth-order valence-electron chi connectivity index (χ4n) is 2.70. The van der Waals surface area contributed by atoms with E-state index in [-0.39, 0.29) is 23.7 Å². The van der Waals surface area contributed by atoms with Crippen molar-refractivity contribution in [2.24, 2.45) is 5.92 Å². The van der Waals surface area contributed by atoms with Crippen LogP contribution in [0.2, 0.25) is 0 Å². The highest BCUT2D eigenvalue weighted by Crippen LogP contribution is 2.27. The Bertz CT molecular complexity index is 559. The lowest BCUT2D eigenvalue weighted by Crippen LogP contribution is -2.36. The highest BCUT2D eigenvalue weighted by Gasteiger charge is 2.44. The van der Waals surface area contributed by atoms with E-state index in [1.54, 1.807) is 4.90 Å². The van der Waals surface area contributed by atoms with Crippen molar-refractivity contribution in [1.29, 1.82) is 0 Å². The molecule has 1 aliphatic heterocycles. The monoisotopic (exact) mass is 253 g/mol. The molecule has 0 saturated carbocycles. The minimum absolute atomic E-state index is 0.0892. The number of likely N-dealkylation sites (tertiary alicyclic amines) is 1. The standard InChI is InChI=1S/C16H15NO2/c18-15-13-8-4-5-9-14(13)17(16(15)19)11-10-12-6-2-1-3-7-12/h1-9,13-14H,10-11H2. The summed E-state index contributed by atoms with van der Waals surface area (Å²) >= 11 is 0. The van der Waals surface area contributed by atoms with Gasteiger partial charge in [0.15, 0.2) is 0 Å². The number of benzene rings is 1. The van der Waals surface area contributed by atoms with E-state index in [1.807, 2.05) is 54.6 Å². The van der Waals surface area contributed by atoms with E-state index >= 15 is 0 Å². The number of carbonyl (C=O) groups excluding carboxylic acids is 2. The van der Waals surface area contributed by atoms with Crippen molar-refractivity contribution in [3.05, 3.63) is 60.2 Å². The van der Waals surface area contributed by atoms with Crippen LogP contribution in [0.3, 0.4) is 0 Å². The molecule has 1 amide bonds. The Hall–Kier alpha value is -2.16. The molecule has 3 rings (SSSR count). The van der Waals surface area contributed by atoms with Crippen LogP contribution in [-0.2, 0) is 16.0 Å². The van der Waals surface area contributed by atoms with E-state index in [0.717, 1.165) is 6.42 Å². The van der Waals surface area contributed by atoms with E-state index in [9.17, 15) is 9.59 Å². The summed E-state index contributed by atoms with van der Waals surface area (Å²) in [6.45, 7) is 0.591. The third-order valence-electron chi connectivity index (χ3n) is 3.72. The fourth-order valence-corrected chi connectivity index (χ4v) is 2.70. The molecule has 1 heterocycles. The topological polar surface area (TPSA) is 37.4 Å². The molecule has 1 fully saturated rings. The van der Waals surface area contributed by atoms with Gasteiger partial charge in [-0.1, -0.05) is 54.6 Å². The first-order chi connectivity index (χ1) is 9.27. The van der Waals surface area contributed by atoms with Crippen molar-refractivity contribution in [1.82, 2.24) is 4.90 Å². The number of rotatable bonds is 3. The summed E-state index contributed by atoms with van der Waals surface area (Å²) in [7, 11) is 0. The number of allylic oxidation sites excluding steroid dienone is 2. The molecule has 0 N–H and O–H groups in total. The molecule has 2 unspecified atom stereocenters. The van der Waals surface area contributed by atoms with Crippen LogP contribution in [0.15, 0.2) is 54.6 Å². The summed E-state index contributed by atoms with van der Waals surface area (Å²) in [5.74, 6) is -0.908. The SMILES string of the molecule is O=C1C(=O)N(CCc2ccccc2)C2C=CC=CC12. The Morgan fingerprint density at radius 3 is 2.53 bits per heavy atom. The first kappa shape index (κ1) is 11.9. The maximum absolute atomic E-state index is 12.0. The molecular weight excluding hydrogens is 238 g/mol. The van der Waals surface area contributed by atoms with Crippen molar-refractivity contribution in [3.8, 4) is 0 Å². The molecule has 1 aromatic carbocycles. The Balaban J connectivity index is 1.74. The van der Waals surface area contributed by atoms with Gasteiger partial charge in [-0.15, -0.1) is 0 Å². The highest BCUT2D eigenvalue weighted by molar-refractivity contribution is 6.39. The summed E-state index contributed by atoms with van der Waals surface area (Å²) in [5, 5.41) is 0. The minimum Gasteiger partial charge on any atom is -0.328 e. The number of carbonyl (C=O) groups is 2. The summed E-state index contributed by atoms with van der Waals surface area (Å²) < 4.78 is 0. The lowest BCUT2D eigenvalue weighted by molar-refractivity contribution is -0.140. The number of hydrogen-bond donors (Lipinski definition) is 0. The lowest BCUT2D eigenvalue weighted by atomic mass is 9.95. The van der Waals surface area contributed by atoms with Gasteiger partial charge in [0.25, 0.3) is 5.91 Å². The zero-order valence-electron chi connectivity index (χ0n) is 10.5. The van der Waals surface area contributed by atoms with Gasteiger partial charge in [-0.05, 0) is 12.0 Å². The van der Waals surface area contributed by atoms with Gasteiger partial charge in [0.1, 0.15) is 0 Å². The molecule has 2 aliphatic rings. The molecule has 3 heteroatoms. The molecule has 0 aromatic heterocycles. The van der Waals surface area contributed by atoms with Crippen LogP contribution in [0.1, 0.15) is 5.56 Å². The maximum Gasteiger partial charge on any atom is 0.291 e. The highest BCUT2D eigenvalue weighted by atomic mass is 16.2. The molecule has 1 aromatic rings. The molecule has 1 saturated heterocycles. The van der Waals surface area contributed by atoms with Gasteiger partial charge in [0.2, 0.25) is 5.78 Å². The molecular formula is C16H15NO2. The number of hydrogen-bond acceptors (Lipinski definition) is 2. The van der Waals surface area contributed by atoms with Crippen molar-refractivity contribution in [3.63, 3.8) is 0 Å². The van der Waals surface area contributed by atoms with Crippen LogP contribution in [0.4, 0.5) is 0 Å². The van der Waals surface area contributed by atoms with Gasteiger partial charge in [0, 0.05) is 6.54 Å². The Kier molecular flexibility index (Phi) is 3.03. The molecule has 19 heavy (non-hydrogen) atoms. The molecule has 3 nitrogen and oxygen atoms in total. The van der Waals surface area contributed by atoms with Crippen molar-refractivity contribution < 1.29 is 9.59 Å². The largest absolute Gasteiger partial charge is 0.328 e. The summed E-state index contributed by atoms with van der Waals surface area (Å²) in [6, 6.07) is 9.93. The summed E-state index contributed by atoms with van der Waals surface area (Å²) in [6.07, 6.45) is 8.29. The smallest absolute Gasteiger partial charge is 0.291 e. The number of Topliss-reactive ketones (excluding diaryl/α,β-unsaturated/α-hetero) is 1. The van der Waals surface area contributed by atoms with Crippen LogP contribution in [0, 0.1) is 5.92 Å². The first-order valence-electron chi connectivity index (χ1n) is 6.51. The molecule has 1 aliphatic carbocycles. The average molecular weight is 253 g/mol. The van der Waals surface area contributed by atoms with E-state index < -0.39 is 0 Å². The predicted molar refractivity (Wildman–Crippen MR) is 72.4 cm³/mol. The molecule has 96 valence electrons. The fraction of sp³-hybridized carbons (Fsp3) is 0.250. The van der Waals surface area contributed by atoms with E-state index in [2.05, 4.69) is 0 Å². The second kappa shape index (κ2) is 4.84.